The first-order valence-corrected chi connectivity index (χ1v) is 4.51. The molecule has 13 heavy (non-hydrogen) atoms. The Morgan fingerprint density at radius 3 is 2.85 bits per heavy atom. The summed E-state index contributed by atoms with van der Waals surface area (Å²) in [5.41, 5.74) is -0.222. The van der Waals surface area contributed by atoms with Crippen LogP contribution in [-0.2, 0) is 0 Å². The van der Waals surface area contributed by atoms with E-state index in [0.717, 1.165) is 6.20 Å². The van der Waals surface area contributed by atoms with Crippen LogP contribution in [0.15, 0.2) is 11.4 Å². The summed E-state index contributed by atoms with van der Waals surface area (Å²) in [5.74, 6) is -0.00986. The third kappa shape index (κ3) is 2.05. The molecule has 0 unspecified atom stereocenters. The average molecular weight is 201 g/mol. The molecule has 0 aliphatic heterocycles. The second-order valence-electron chi connectivity index (χ2n) is 2.01. The number of ether oxygens (including phenoxy) is 1. The standard InChI is InChI=1S/C6H7N3O3S/c1-12-5-4(9(10)11)3-7-6(8-5)13-2/h3H,1-2H3. The molecular weight excluding hydrogens is 194 g/mol. The minimum atomic E-state index is -0.580. The van der Waals surface area contributed by atoms with Crippen molar-refractivity contribution < 1.29 is 9.66 Å². The van der Waals surface area contributed by atoms with Crippen molar-refractivity contribution in [2.24, 2.45) is 0 Å². The highest BCUT2D eigenvalue weighted by Gasteiger charge is 2.17. The molecule has 1 heterocycles. The first-order chi connectivity index (χ1) is 6.19. The molecule has 0 fully saturated rings. The van der Waals surface area contributed by atoms with Crippen LogP contribution >= 0.6 is 11.8 Å². The largest absolute Gasteiger partial charge is 0.476 e. The van der Waals surface area contributed by atoms with Gasteiger partial charge in [-0.05, 0) is 6.26 Å². The Kier molecular flexibility index (Phi) is 3.02. The van der Waals surface area contributed by atoms with E-state index in [2.05, 4.69) is 9.97 Å². The molecule has 0 spiro atoms. The maximum atomic E-state index is 10.4. The van der Waals surface area contributed by atoms with Gasteiger partial charge in [-0.2, -0.15) is 4.98 Å². The molecule has 1 aromatic heterocycles. The van der Waals surface area contributed by atoms with Crippen molar-refractivity contribution >= 4 is 17.4 Å². The number of methoxy groups -OCH3 is 1. The van der Waals surface area contributed by atoms with E-state index in [0.29, 0.717) is 5.16 Å². The summed E-state index contributed by atoms with van der Waals surface area (Å²) in [5, 5.41) is 10.9. The van der Waals surface area contributed by atoms with Crippen molar-refractivity contribution in [1.29, 1.82) is 0 Å². The predicted molar refractivity (Wildman–Crippen MR) is 47.0 cm³/mol. The number of hydrogen-bond donors (Lipinski definition) is 0. The van der Waals surface area contributed by atoms with E-state index < -0.39 is 4.92 Å². The Balaban J connectivity index is 3.15. The SMILES string of the molecule is COc1nc(SC)ncc1[N+](=O)[O-]. The van der Waals surface area contributed by atoms with Gasteiger partial charge in [0.1, 0.15) is 6.20 Å². The number of nitrogens with zero attached hydrogens (tertiary/aromatic N) is 3. The molecule has 0 aromatic carbocycles. The van der Waals surface area contributed by atoms with Crippen LogP contribution in [-0.4, -0.2) is 28.3 Å². The maximum absolute atomic E-state index is 10.4. The molecule has 70 valence electrons. The summed E-state index contributed by atoms with van der Waals surface area (Å²) in [6, 6.07) is 0. The van der Waals surface area contributed by atoms with Crippen LogP contribution in [0.25, 0.3) is 0 Å². The van der Waals surface area contributed by atoms with E-state index in [1.807, 2.05) is 0 Å². The van der Waals surface area contributed by atoms with Gasteiger partial charge in [0.15, 0.2) is 5.16 Å². The minimum Gasteiger partial charge on any atom is -0.476 e. The second kappa shape index (κ2) is 4.04. The van der Waals surface area contributed by atoms with E-state index in [4.69, 9.17) is 4.74 Å². The highest BCUT2D eigenvalue weighted by molar-refractivity contribution is 7.98. The second-order valence-corrected chi connectivity index (χ2v) is 2.78. The van der Waals surface area contributed by atoms with Crippen molar-refractivity contribution in [2.75, 3.05) is 13.4 Å². The van der Waals surface area contributed by atoms with E-state index in [9.17, 15) is 10.1 Å². The van der Waals surface area contributed by atoms with Crippen molar-refractivity contribution in [3.8, 4) is 5.88 Å². The van der Waals surface area contributed by atoms with E-state index in [-0.39, 0.29) is 11.6 Å². The van der Waals surface area contributed by atoms with Crippen LogP contribution in [0, 0.1) is 10.1 Å². The first-order valence-electron chi connectivity index (χ1n) is 3.28. The van der Waals surface area contributed by atoms with Gasteiger partial charge in [-0.3, -0.25) is 10.1 Å². The van der Waals surface area contributed by atoms with Gasteiger partial charge in [-0.1, -0.05) is 11.8 Å². The van der Waals surface area contributed by atoms with Gasteiger partial charge in [-0.25, -0.2) is 4.98 Å². The molecule has 1 rings (SSSR count). The molecule has 0 saturated heterocycles. The molecule has 6 nitrogen and oxygen atoms in total. The van der Waals surface area contributed by atoms with Crippen molar-refractivity contribution in [1.82, 2.24) is 9.97 Å². The fourth-order valence-electron chi connectivity index (χ4n) is 0.718. The van der Waals surface area contributed by atoms with Gasteiger partial charge < -0.3 is 4.74 Å². The van der Waals surface area contributed by atoms with Gasteiger partial charge in [0, 0.05) is 0 Å². The summed E-state index contributed by atoms with van der Waals surface area (Å²) < 4.78 is 4.74. The van der Waals surface area contributed by atoms with Crippen LogP contribution in [0.1, 0.15) is 0 Å². The molecule has 1 aromatic rings. The highest BCUT2D eigenvalue weighted by Crippen LogP contribution is 2.24. The normalized spacial score (nSPS) is 9.69. The van der Waals surface area contributed by atoms with E-state index >= 15 is 0 Å². The lowest BCUT2D eigenvalue weighted by Gasteiger charge is -2.00. The summed E-state index contributed by atoms with van der Waals surface area (Å²) in [6.45, 7) is 0. The summed E-state index contributed by atoms with van der Waals surface area (Å²) in [6.07, 6.45) is 2.91. The van der Waals surface area contributed by atoms with Crippen LogP contribution in [0.4, 0.5) is 5.69 Å². The number of rotatable bonds is 3. The fraction of sp³-hybridized carbons (Fsp3) is 0.333. The topological polar surface area (TPSA) is 78.2 Å². The Morgan fingerprint density at radius 2 is 2.38 bits per heavy atom. The summed E-state index contributed by atoms with van der Waals surface area (Å²) >= 11 is 1.29. The molecule has 0 amide bonds. The number of nitro groups is 1. The quantitative estimate of drug-likeness (QED) is 0.315. The molecule has 0 radical (unpaired) electrons. The Labute approximate surface area is 78.5 Å². The smallest absolute Gasteiger partial charge is 0.349 e. The predicted octanol–water partition coefficient (Wildman–Crippen LogP) is 1.12. The van der Waals surface area contributed by atoms with E-state index in [1.54, 1.807) is 6.26 Å². The zero-order valence-electron chi connectivity index (χ0n) is 7.05. The van der Waals surface area contributed by atoms with Crippen molar-refractivity contribution in [2.45, 2.75) is 5.16 Å². The average Bonchev–Trinajstić information content (AvgIpc) is 2.16. The molecule has 0 saturated carbocycles. The van der Waals surface area contributed by atoms with Crippen LogP contribution in [0.2, 0.25) is 0 Å². The summed E-state index contributed by atoms with van der Waals surface area (Å²) in [7, 11) is 1.33. The lowest BCUT2D eigenvalue weighted by molar-refractivity contribution is -0.386. The molecule has 0 atom stereocenters. The van der Waals surface area contributed by atoms with Crippen molar-refractivity contribution in [3.63, 3.8) is 0 Å². The zero-order chi connectivity index (χ0) is 9.84. The minimum absolute atomic E-state index is 0.00986. The maximum Gasteiger partial charge on any atom is 0.349 e. The molecule has 7 heteroatoms. The van der Waals surface area contributed by atoms with Crippen LogP contribution < -0.4 is 4.74 Å². The number of hydrogen-bond acceptors (Lipinski definition) is 6. The summed E-state index contributed by atoms with van der Waals surface area (Å²) in [4.78, 5) is 17.4. The first kappa shape index (κ1) is 9.72. The number of thioether (sulfide) groups is 1. The molecule has 0 N–H and O–H groups in total. The third-order valence-corrected chi connectivity index (χ3v) is 1.85. The highest BCUT2D eigenvalue weighted by atomic mass is 32.2. The fourth-order valence-corrected chi connectivity index (χ4v) is 1.05. The van der Waals surface area contributed by atoms with Gasteiger partial charge in [-0.15, -0.1) is 0 Å². The zero-order valence-corrected chi connectivity index (χ0v) is 7.87. The Hall–Kier alpha value is -1.37. The third-order valence-electron chi connectivity index (χ3n) is 1.29. The molecule has 0 bridgehead atoms. The lowest BCUT2D eigenvalue weighted by Crippen LogP contribution is -1.98. The van der Waals surface area contributed by atoms with Gasteiger partial charge in [0.05, 0.1) is 12.0 Å². The van der Waals surface area contributed by atoms with E-state index in [1.165, 1.54) is 18.9 Å². The molecule has 0 aliphatic rings. The van der Waals surface area contributed by atoms with Gasteiger partial charge in [0.25, 0.3) is 5.88 Å². The molecule has 0 aliphatic carbocycles. The van der Waals surface area contributed by atoms with Gasteiger partial charge in [0.2, 0.25) is 0 Å². The number of aromatic nitrogens is 2. The monoisotopic (exact) mass is 201 g/mol. The van der Waals surface area contributed by atoms with Crippen LogP contribution in [0.5, 0.6) is 5.88 Å². The molecular formula is C6H7N3O3S. The lowest BCUT2D eigenvalue weighted by atomic mass is 10.5. The van der Waals surface area contributed by atoms with Crippen LogP contribution in [0.3, 0.4) is 0 Å². The Morgan fingerprint density at radius 1 is 1.69 bits per heavy atom. The van der Waals surface area contributed by atoms with Gasteiger partial charge >= 0.3 is 5.69 Å². The Bertz CT molecular complexity index is 331. The van der Waals surface area contributed by atoms with Crippen molar-refractivity contribution in [3.05, 3.63) is 16.3 Å².